The lowest BCUT2D eigenvalue weighted by Gasteiger charge is -2.19. The summed E-state index contributed by atoms with van der Waals surface area (Å²) in [6, 6.07) is 8.52. The van der Waals surface area contributed by atoms with Crippen molar-refractivity contribution >= 4 is 44.8 Å². The van der Waals surface area contributed by atoms with E-state index >= 15 is 0 Å². The van der Waals surface area contributed by atoms with Gasteiger partial charge in [-0.2, -0.15) is 0 Å². The molecule has 0 spiro atoms. The molecule has 0 fully saturated rings. The van der Waals surface area contributed by atoms with Crippen molar-refractivity contribution in [2.45, 2.75) is 19.9 Å². The van der Waals surface area contributed by atoms with Crippen LogP contribution in [-0.4, -0.2) is 0 Å². The molecule has 1 unspecified atom stereocenters. The summed E-state index contributed by atoms with van der Waals surface area (Å²) in [6.07, 6.45) is 0. The molecular weight excluding hydrogens is 364 g/mol. The maximum Gasteiger partial charge on any atom is 0.139 e. The number of benzene rings is 2. The highest BCUT2D eigenvalue weighted by molar-refractivity contribution is 9.10. The van der Waals surface area contributed by atoms with Crippen molar-refractivity contribution in [3.63, 3.8) is 0 Å². The van der Waals surface area contributed by atoms with Crippen molar-refractivity contribution < 1.29 is 4.39 Å². The molecule has 0 aliphatic rings. The van der Waals surface area contributed by atoms with Crippen LogP contribution >= 0.6 is 39.1 Å². The number of hydrogen-bond acceptors (Lipinski definition) is 1. The molecule has 0 aliphatic carbocycles. The molecule has 1 N–H and O–H groups in total. The minimum Gasteiger partial charge on any atom is -0.378 e. The van der Waals surface area contributed by atoms with Crippen molar-refractivity contribution in [2.75, 3.05) is 5.32 Å². The third-order valence-corrected chi connectivity index (χ3v) is 4.24. The van der Waals surface area contributed by atoms with Crippen molar-refractivity contribution in [1.29, 1.82) is 0 Å². The molecule has 2 aromatic rings. The van der Waals surface area contributed by atoms with Gasteiger partial charge < -0.3 is 5.32 Å². The summed E-state index contributed by atoms with van der Waals surface area (Å²) >= 11 is 15.2. The second kappa shape index (κ2) is 6.33. The fourth-order valence-electron chi connectivity index (χ4n) is 1.97. The smallest absolute Gasteiger partial charge is 0.139 e. The molecule has 20 heavy (non-hydrogen) atoms. The van der Waals surface area contributed by atoms with Gasteiger partial charge >= 0.3 is 0 Å². The second-order valence-electron chi connectivity index (χ2n) is 4.61. The lowest BCUT2D eigenvalue weighted by atomic mass is 10.1. The van der Waals surface area contributed by atoms with Gasteiger partial charge in [-0.05, 0) is 65.2 Å². The van der Waals surface area contributed by atoms with Gasteiger partial charge in [-0.25, -0.2) is 4.39 Å². The van der Waals surface area contributed by atoms with Gasteiger partial charge in [-0.1, -0.05) is 29.3 Å². The van der Waals surface area contributed by atoms with Crippen LogP contribution in [0.3, 0.4) is 0 Å². The van der Waals surface area contributed by atoms with Crippen LogP contribution in [0.5, 0.6) is 0 Å². The number of hydrogen-bond donors (Lipinski definition) is 1. The zero-order valence-electron chi connectivity index (χ0n) is 11.0. The van der Waals surface area contributed by atoms with Gasteiger partial charge in [-0.3, -0.25) is 0 Å². The van der Waals surface area contributed by atoms with Crippen molar-refractivity contribution in [3.05, 3.63) is 61.8 Å². The highest BCUT2D eigenvalue weighted by Crippen LogP contribution is 2.31. The number of halogens is 4. The van der Waals surface area contributed by atoms with Crippen molar-refractivity contribution in [3.8, 4) is 0 Å². The minimum atomic E-state index is -0.299. The molecule has 0 radical (unpaired) electrons. The van der Waals surface area contributed by atoms with E-state index in [0.29, 0.717) is 14.5 Å². The Morgan fingerprint density at radius 1 is 1.20 bits per heavy atom. The van der Waals surface area contributed by atoms with E-state index in [1.807, 2.05) is 19.9 Å². The summed E-state index contributed by atoms with van der Waals surface area (Å²) in [6.45, 7) is 3.89. The van der Waals surface area contributed by atoms with Gasteiger partial charge in [0.05, 0.1) is 10.5 Å². The lowest BCUT2D eigenvalue weighted by molar-refractivity contribution is 0.620. The first-order valence-electron chi connectivity index (χ1n) is 6.05. The maximum absolute atomic E-state index is 13.6. The molecule has 0 saturated heterocycles. The molecule has 1 nitrogen and oxygen atoms in total. The standard InChI is InChI=1S/C15H13BrCl2FN/c1-8-5-12(16)14(19)7-15(8)20-9(2)11-4-3-10(17)6-13(11)18/h3-7,9,20H,1-2H3. The second-order valence-corrected chi connectivity index (χ2v) is 6.31. The Hall–Kier alpha value is -0.770. The van der Waals surface area contributed by atoms with Crippen LogP contribution in [-0.2, 0) is 0 Å². The van der Waals surface area contributed by atoms with E-state index in [0.717, 1.165) is 16.8 Å². The SMILES string of the molecule is Cc1cc(Br)c(F)cc1NC(C)c1ccc(Cl)cc1Cl. The van der Waals surface area contributed by atoms with E-state index in [4.69, 9.17) is 23.2 Å². The van der Waals surface area contributed by atoms with Gasteiger partial charge in [0.1, 0.15) is 5.82 Å². The van der Waals surface area contributed by atoms with Crippen LogP contribution in [0.1, 0.15) is 24.1 Å². The molecule has 2 rings (SSSR count). The van der Waals surface area contributed by atoms with Crippen molar-refractivity contribution in [2.24, 2.45) is 0 Å². The quantitative estimate of drug-likeness (QED) is 0.655. The highest BCUT2D eigenvalue weighted by Gasteiger charge is 2.12. The Morgan fingerprint density at radius 2 is 1.90 bits per heavy atom. The molecule has 0 bridgehead atoms. The van der Waals surface area contributed by atoms with Crippen LogP contribution in [0.15, 0.2) is 34.8 Å². The first kappa shape index (κ1) is 15.6. The zero-order chi connectivity index (χ0) is 14.9. The summed E-state index contributed by atoms with van der Waals surface area (Å²) in [7, 11) is 0. The van der Waals surface area contributed by atoms with Gasteiger partial charge in [0.25, 0.3) is 0 Å². The predicted molar refractivity (Wildman–Crippen MR) is 87.3 cm³/mol. The Labute approximate surface area is 136 Å². The summed E-state index contributed by atoms with van der Waals surface area (Å²) < 4.78 is 14.1. The van der Waals surface area contributed by atoms with E-state index in [1.165, 1.54) is 6.07 Å². The van der Waals surface area contributed by atoms with Gasteiger partial charge in [0, 0.05) is 15.7 Å². The molecule has 0 heterocycles. The van der Waals surface area contributed by atoms with E-state index in [1.54, 1.807) is 18.2 Å². The lowest BCUT2D eigenvalue weighted by Crippen LogP contribution is -2.08. The predicted octanol–water partition coefficient (Wildman–Crippen LogP) is 6.38. The fraction of sp³-hybridized carbons (Fsp3) is 0.200. The fourth-order valence-corrected chi connectivity index (χ4v) is 3.00. The first-order valence-corrected chi connectivity index (χ1v) is 7.60. The van der Waals surface area contributed by atoms with Crippen LogP contribution in [0, 0.1) is 12.7 Å². The average Bonchev–Trinajstić information content (AvgIpc) is 2.35. The topological polar surface area (TPSA) is 12.0 Å². The van der Waals surface area contributed by atoms with E-state index in [9.17, 15) is 4.39 Å². The number of rotatable bonds is 3. The van der Waals surface area contributed by atoms with Crippen molar-refractivity contribution in [1.82, 2.24) is 0 Å². The van der Waals surface area contributed by atoms with Gasteiger partial charge in [0.2, 0.25) is 0 Å². The Bertz CT molecular complexity index is 646. The summed E-state index contributed by atoms with van der Waals surface area (Å²) in [5.74, 6) is -0.299. The summed E-state index contributed by atoms with van der Waals surface area (Å²) in [5, 5.41) is 4.45. The van der Waals surface area contributed by atoms with E-state index in [2.05, 4.69) is 21.2 Å². The Morgan fingerprint density at radius 3 is 2.55 bits per heavy atom. The van der Waals surface area contributed by atoms with E-state index in [-0.39, 0.29) is 11.9 Å². The number of anilines is 1. The van der Waals surface area contributed by atoms with Crippen LogP contribution in [0.2, 0.25) is 10.0 Å². The first-order chi connectivity index (χ1) is 9.38. The third kappa shape index (κ3) is 3.46. The molecule has 106 valence electrons. The molecule has 0 aliphatic heterocycles. The van der Waals surface area contributed by atoms with Crippen LogP contribution < -0.4 is 5.32 Å². The molecule has 1 atom stereocenters. The average molecular weight is 377 g/mol. The molecule has 0 aromatic heterocycles. The molecule has 0 saturated carbocycles. The maximum atomic E-state index is 13.6. The molecular formula is C15H13BrCl2FN. The van der Waals surface area contributed by atoms with Gasteiger partial charge in [-0.15, -0.1) is 0 Å². The van der Waals surface area contributed by atoms with E-state index < -0.39 is 0 Å². The van der Waals surface area contributed by atoms with Crippen LogP contribution in [0.25, 0.3) is 0 Å². The number of aryl methyl sites for hydroxylation is 1. The zero-order valence-corrected chi connectivity index (χ0v) is 14.1. The third-order valence-electron chi connectivity index (χ3n) is 3.07. The largest absolute Gasteiger partial charge is 0.378 e. The van der Waals surface area contributed by atoms with Gasteiger partial charge in [0.15, 0.2) is 0 Å². The Kier molecular flexibility index (Phi) is 4.95. The summed E-state index contributed by atoms with van der Waals surface area (Å²) in [5.41, 5.74) is 2.61. The minimum absolute atomic E-state index is 0.0564. The normalized spacial score (nSPS) is 12.3. The molecule has 0 amide bonds. The number of nitrogens with one attached hydrogen (secondary N) is 1. The van der Waals surface area contributed by atoms with Crippen LogP contribution in [0.4, 0.5) is 10.1 Å². The molecule has 2 aromatic carbocycles. The summed E-state index contributed by atoms with van der Waals surface area (Å²) in [4.78, 5) is 0. The Balaban J connectivity index is 2.27. The molecule has 5 heteroatoms. The monoisotopic (exact) mass is 375 g/mol. The highest BCUT2D eigenvalue weighted by atomic mass is 79.9.